The Bertz CT molecular complexity index is 143. The molecule has 0 radical (unpaired) electrons. The van der Waals surface area contributed by atoms with E-state index in [2.05, 4.69) is 32.2 Å². The van der Waals surface area contributed by atoms with E-state index in [9.17, 15) is 0 Å². The molecular weight excluding hydrogens is 256 g/mol. The molecule has 1 aliphatic heterocycles. The normalized spacial score (nSPS) is 25.8. The van der Waals surface area contributed by atoms with Gasteiger partial charge in [0.05, 0.1) is 4.58 Å². The summed E-state index contributed by atoms with van der Waals surface area (Å²) in [7, 11) is 0. The van der Waals surface area contributed by atoms with Crippen molar-refractivity contribution in [2.24, 2.45) is 5.92 Å². The van der Waals surface area contributed by atoms with Crippen molar-refractivity contribution in [1.82, 2.24) is 0 Å². The van der Waals surface area contributed by atoms with Crippen LogP contribution in [0.15, 0.2) is 0 Å². The van der Waals surface area contributed by atoms with E-state index in [4.69, 9.17) is 12.6 Å². The molecule has 1 aliphatic rings. The van der Waals surface area contributed by atoms with Crippen LogP contribution in [0.4, 0.5) is 0 Å². The SMILES string of the molecule is CC(S)C(CS)C(S)C1SCCS1. The molecule has 3 unspecified atom stereocenters. The van der Waals surface area contributed by atoms with Crippen molar-refractivity contribution in [2.45, 2.75) is 22.0 Å². The van der Waals surface area contributed by atoms with Crippen LogP contribution in [0.1, 0.15) is 6.92 Å². The molecule has 1 rings (SSSR count). The van der Waals surface area contributed by atoms with Crippen LogP contribution in [0, 0.1) is 5.92 Å². The van der Waals surface area contributed by atoms with Gasteiger partial charge in [-0.15, -0.1) is 23.5 Å². The smallest absolute Gasteiger partial charge is 0.0622 e. The van der Waals surface area contributed by atoms with Gasteiger partial charge in [0, 0.05) is 22.0 Å². The summed E-state index contributed by atoms with van der Waals surface area (Å²) < 4.78 is 0.648. The lowest BCUT2D eigenvalue weighted by Crippen LogP contribution is -2.30. The van der Waals surface area contributed by atoms with Crippen LogP contribution in [-0.2, 0) is 0 Å². The first-order valence-corrected chi connectivity index (χ1v) is 8.13. The predicted octanol–water partition coefficient (Wildman–Crippen LogP) is 2.96. The van der Waals surface area contributed by atoms with Crippen molar-refractivity contribution in [2.75, 3.05) is 17.3 Å². The van der Waals surface area contributed by atoms with Crippen molar-refractivity contribution < 1.29 is 0 Å². The molecule has 0 aromatic carbocycles. The summed E-state index contributed by atoms with van der Waals surface area (Å²) in [4.78, 5) is 0. The fraction of sp³-hybridized carbons (Fsp3) is 1.00. The molecule has 13 heavy (non-hydrogen) atoms. The van der Waals surface area contributed by atoms with Gasteiger partial charge in [0.1, 0.15) is 0 Å². The molecule has 78 valence electrons. The van der Waals surface area contributed by atoms with Crippen molar-refractivity contribution in [1.29, 1.82) is 0 Å². The first-order chi connectivity index (χ1) is 6.16. The molecular formula is C8H16S5. The highest BCUT2D eigenvalue weighted by Crippen LogP contribution is 2.40. The monoisotopic (exact) mass is 272 g/mol. The average molecular weight is 273 g/mol. The van der Waals surface area contributed by atoms with Crippen LogP contribution in [0.3, 0.4) is 0 Å². The van der Waals surface area contributed by atoms with Crippen LogP contribution in [0.2, 0.25) is 0 Å². The quantitative estimate of drug-likeness (QED) is 0.673. The van der Waals surface area contributed by atoms with Gasteiger partial charge in [-0.05, 0) is 11.7 Å². The van der Waals surface area contributed by atoms with Crippen molar-refractivity contribution in [3.63, 3.8) is 0 Å². The summed E-state index contributed by atoms with van der Waals surface area (Å²) in [5.41, 5.74) is 0. The van der Waals surface area contributed by atoms with E-state index in [-0.39, 0.29) is 0 Å². The zero-order chi connectivity index (χ0) is 9.84. The van der Waals surface area contributed by atoms with Gasteiger partial charge in [-0.25, -0.2) is 0 Å². The van der Waals surface area contributed by atoms with E-state index in [0.29, 0.717) is 21.0 Å². The van der Waals surface area contributed by atoms with Gasteiger partial charge in [-0.2, -0.15) is 37.9 Å². The summed E-state index contributed by atoms with van der Waals surface area (Å²) >= 11 is 17.6. The second-order valence-corrected chi connectivity index (χ2v) is 7.76. The Labute approximate surface area is 106 Å². The average Bonchev–Trinajstić information content (AvgIpc) is 2.56. The maximum Gasteiger partial charge on any atom is 0.0622 e. The zero-order valence-electron chi connectivity index (χ0n) is 7.59. The molecule has 0 N–H and O–H groups in total. The van der Waals surface area contributed by atoms with E-state index in [1.54, 1.807) is 0 Å². The lowest BCUT2D eigenvalue weighted by molar-refractivity contribution is 0.584. The van der Waals surface area contributed by atoms with Gasteiger partial charge >= 0.3 is 0 Å². The standard InChI is InChI=1S/C8H16S5/c1-5(10)6(4-9)7(11)8-12-2-3-13-8/h5-11H,2-4H2,1H3. The number of hydrogen-bond donors (Lipinski definition) is 3. The summed E-state index contributed by atoms with van der Waals surface area (Å²) in [6.07, 6.45) is 0. The summed E-state index contributed by atoms with van der Waals surface area (Å²) in [6, 6.07) is 0. The van der Waals surface area contributed by atoms with Gasteiger partial charge in [-0.3, -0.25) is 0 Å². The maximum atomic E-state index is 4.70. The number of rotatable bonds is 4. The van der Waals surface area contributed by atoms with E-state index >= 15 is 0 Å². The Morgan fingerprint density at radius 2 is 1.85 bits per heavy atom. The highest BCUT2D eigenvalue weighted by molar-refractivity contribution is 8.20. The lowest BCUT2D eigenvalue weighted by Gasteiger charge is -2.28. The Hall–Kier alpha value is 1.75. The number of thioether (sulfide) groups is 2. The molecule has 0 aliphatic carbocycles. The zero-order valence-corrected chi connectivity index (χ0v) is 11.9. The Morgan fingerprint density at radius 1 is 1.31 bits per heavy atom. The minimum atomic E-state index is 0.391. The fourth-order valence-electron chi connectivity index (χ4n) is 1.32. The van der Waals surface area contributed by atoms with Gasteiger partial charge in [0.15, 0.2) is 0 Å². The molecule has 1 fully saturated rings. The maximum absolute atomic E-state index is 4.70. The second-order valence-electron chi connectivity index (χ2n) is 3.19. The summed E-state index contributed by atoms with van der Waals surface area (Å²) in [5, 5.41) is 0.823. The Kier molecular flexibility index (Phi) is 6.27. The molecule has 3 atom stereocenters. The molecule has 0 bridgehead atoms. The number of hydrogen-bond acceptors (Lipinski definition) is 5. The Balaban J connectivity index is 2.46. The molecule has 0 aromatic heterocycles. The third kappa shape index (κ3) is 3.67. The number of thiol groups is 3. The lowest BCUT2D eigenvalue weighted by atomic mass is 10.1. The van der Waals surface area contributed by atoms with Gasteiger partial charge in [-0.1, -0.05) is 6.92 Å². The summed E-state index contributed by atoms with van der Waals surface area (Å²) in [5.74, 6) is 3.94. The predicted molar refractivity (Wildman–Crippen MR) is 77.3 cm³/mol. The van der Waals surface area contributed by atoms with E-state index in [0.717, 1.165) is 5.75 Å². The first kappa shape index (κ1) is 12.8. The molecule has 0 spiro atoms. The highest BCUT2D eigenvalue weighted by Gasteiger charge is 2.31. The molecule has 0 saturated carbocycles. The fourth-order valence-corrected chi connectivity index (χ4v) is 6.50. The van der Waals surface area contributed by atoms with Crippen LogP contribution in [-0.4, -0.2) is 32.3 Å². The molecule has 1 saturated heterocycles. The largest absolute Gasteiger partial charge is 0.179 e. The van der Waals surface area contributed by atoms with Crippen LogP contribution >= 0.6 is 61.4 Å². The van der Waals surface area contributed by atoms with E-state index in [1.807, 2.05) is 23.5 Å². The third-order valence-corrected chi connectivity index (χ3v) is 7.28. The van der Waals surface area contributed by atoms with Crippen molar-refractivity contribution in [3.8, 4) is 0 Å². The molecule has 0 amide bonds. The minimum Gasteiger partial charge on any atom is -0.179 e. The first-order valence-electron chi connectivity index (χ1n) is 4.37. The van der Waals surface area contributed by atoms with Gasteiger partial charge < -0.3 is 0 Å². The third-order valence-electron chi connectivity index (χ3n) is 2.20. The molecule has 5 heteroatoms. The minimum absolute atomic E-state index is 0.391. The van der Waals surface area contributed by atoms with E-state index in [1.165, 1.54) is 11.5 Å². The van der Waals surface area contributed by atoms with Crippen LogP contribution < -0.4 is 0 Å². The van der Waals surface area contributed by atoms with E-state index < -0.39 is 0 Å². The second kappa shape index (κ2) is 6.36. The van der Waals surface area contributed by atoms with Crippen molar-refractivity contribution >= 4 is 61.4 Å². The van der Waals surface area contributed by atoms with Crippen LogP contribution in [0.5, 0.6) is 0 Å². The van der Waals surface area contributed by atoms with Crippen molar-refractivity contribution in [3.05, 3.63) is 0 Å². The van der Waals surface area contributed by atoms with Gasteiger partial charge in [0.2, 0.25) is 0 Å². The molecule has 0 nitrogen and oxygen atoms in total. The summed E-state index contributed by atoms with van der Waals surface area (Å²) in [6.45, 7) is 2.14. The topological polar surface area (TPSA) is 0 Å². The van der Waals surface area contributed by atoms with Gasteiger partial charge in [0.25, 0.3) is 0 Å². The highest BCUT2D eigenvalue weighted by atomic mass is 32.2. The molecule has 1 heterocycles. The Morgan fingerprint density at radius 3 is 2.23 bits per heavy atom. The van der Waals surface area contributed by atoms with Crippen LogP contribution in [0.25, 0.3) is 0 Å². The molecule has 0 aromatic rings.